The summed E-state index contributed by atoms with van der Waals surface area (Å²) in [6.07, 6.45) is 0.715. The van der Waals surface area contributed by atoms with E-state index < -0.39 is 23.6 Å². The van der Waals surface area contributed by atoms with Crippen molar-refractivity contribution in [2.24, 2.45) is 5.92 Å². The molecule has 0 saturated carbocycles. The Labute approximate surface area is 101 Å². The zero-order valence-corrected chi connectivity index (χ0v) is 10.7. The molecule has 1 unspecified atom stereocenters. The molecule has 0 aliphatic carbocycles. The van der Waals surface area contributed by atoms with Crippen LogP contribution in [0.3, 0.4) is 0 Å². The third kappa shape index (κ3) is 6.04. The number of carbonyl (C=O) groups is 3. The van der Waals surface area contributed by atoms with Gasteiger partial charge in [-0.15, -0.1) is 0 Å². The smallest absolute Gasteiger partial charge is 0.316 e. The normalized spacial score (nSPS) is 11.7. The third-order valence-corrected chi connectivity index (χ3v) is 2.16. The Balaban J connectivity index is 4.43. The van der Waals surface area contributed by atoms with Crippen LogP contribution in [-0.4, -0.2) is 30.9 Å². The Morgan fingerprint density at radius 2 is 1.59 bits per heavy atom. The predicted molar refractivity (Wildman–Crippen MR) is 61.3 cm³/mol. The molecule has 0 rings (SSSR count). The van der Waals surface area contributed by atoms with Crippen LogP contribution in [0.2, 0.25) is 0 Å². The first-order valence-corrected chi connectivity index (χ1v) is 5.91. The van der Waals surface area contributed by atoms with E-state index in [1.807, 2.05) is 6.92 Å². The van der Waals surface area contributed by atoms with Gasteiger partial charge in [0.1, 0.15) is 12.3 Å². The second-order valence-electron chi connectivity index (χ2n) is 3.54. The van der Waals surface area contributed by atoms with Gasteiger partial charge < -0.3 is 9.47 Å². The molecule has 0 aromatic carbocycles. The summed E-state index contributed by atoms with van der Waals surface area (Å²) in [6.45, 7) is 5.66. The van der Waals surface area contributed by atoms with E-state index in [1.54, 1.807) is 13.8 Å². The van der Waals surface area contributed by atoms with Crippen molar-refractivity contribution in [3.8, 4) is 0 Å². The molecule has 1 atom stereocenters. The molecular formula is C12H20O5. The molecule has 0 spiro atoms. The SMILES string of the molecule is CCCC(C(=O)CC(=O)OCC)C(=O)OCC. The lowest BCUT2D eigenvalue weighted by molar-refractivity contribution is -0.153. The van der Waals surface area contributed by atoms with Crippen LogP contribution < -0.4 is 0 Å². The van der Waals surface area contributed by atoms with Gasteiger partial charge in [-0.2, -0.15) is 0 Å². The van der Waals surface area contributed by atoms with Crippen molar-refractivity contribution in [1.82, 2.24) is 0 Å². The lowest BCUT2D eigenvalue weighted by atomic mass is 9.96. The monoisotopic (exact) mass is 244 g/mol. The van der Waals surface area contributed by atoms with Gasteiger partial charge in [-0.3, -0.25) is 14.4 Å². The van der Waals surface area contributed by atoms with E-state index in [4.69, 9.17) is 4.74 Å². The van der Waals surface area contributed by atoms with Crippen molar-refractivity contribution in [1.29, 1.82) is 0 Å². The molecule has 5 heteroatoms. The molecule has 0 N–H and O–H groups in total. The summed E-state index contributed by atoms with van der Waals surface area (Å²) in [5, 5.41) is 0. The van der Waals surface area contributed by atoms with E-state index >= 15 is 0 Å². The molecule has 0 radical (unpaired) electrons. The first-order valence-electron chi connectivity index (χ1n) is 5.91. The predicted octanol–water partition coefficient (Wildman–Crippen LogP) is 1.49. The fraction of sp³-hybridized carbons (Fsp3) is 0.750. The highest BCUT2D eigenvalue weighted by Crippen LogP contribution is 2.13. The molecule has 0 saturated heterocycles. The second-order valence-corrected chi connectivity index (χ2v) is 3.54. The maximum atomic E-state index is 11.7. The van der Waals surface area contributed by atoms with Crippen LogP contribution >= 0.6 is 0 Å². The zero-order valence-electron chi connectivity index (χ0n) is 10.7. The molecule has 0 aromatic rings. The summed E-state index contributed by atoms with van der Waals surface area (Å²) in [7, 11) is 0. The minimum Gasteiger partial charge on any atom is -0.466 e. The summed E-state index contributed by atoms with van der Waals surface area (Å²) in [5.41, 5.74) is 0. The van der Waals surface area contributed by atoms with Crippen molar-refractivity contribution in [2.75, 3.05) is 13.2 Å². The highest BCUT2D eigenvalue weighted by molar-refractivity contribution is 6.06. The van der Waals surface area contributed by atoms with Crippen LogP contribution in [0.1, 0.15) is 40.0 Å². The molecule has 0 heterocycles. The first-order chi connectivity index (χ1) is 8.06. The summed E-state index contributed by atoms with van der Waals surface area (Å²) in [6, 6.07) is 0. The number of esters is 2. The Hall–Kier alpha value is -1.39. The summed E-state index contributed by atoms with van der Waals surface area (Å²) in [5.74, 6) is -2.42. The molecule has 17 heavy (non-hydrogen) atoms. The Morgan fingerprint density at radius 1 is 1.00 bits per heavy atom. The zero-order chi connectivity index (χ0) is 13.3. The molecule has 98 valence electrons. The van der Waals surface area contributed by atoms with Crippen molar-refractivity contribution in [3.05, 3.63) is 0 Å². The molecule has 0 aliphatic heterocycles. The average molecular weight is 244 g/mol. The topological polar surface area (TPSA) is 69.7 Å². The van der Waals surface area contributed by atoms with Crippen LogP contribution in [-0.2, 0) is 23.9 Å². The minimum atomic E-state index is -0.843. The van der Waals surface area contributed by atoms with Crippen molar-refractivity contribution >= 4 is 17.7 Å². The Kier molecular flexibility index (Phi) is 8.01. The molecule has 0 bridgehead atoms. The van der Waals surface area contributed by atoms with Crippen LogP contribution in [0.15, 0.2) is 0 Å². The van der Waals surface area contributed by atoms with E-state index in [0.717, 1.165) is 0 Å². The van der Waals surface area contributed by atoms with Crippen molar-refractivity contribution in [3.63, 3.8) is 0 Å². The molecule has 5 nitrogen and oxygen atoms in total. The van der Waals surface area contributed by atoms with E-state index in [9.17, 15) is 14.4 Å². The highest BCUT2D eigenvalue weighted by Gasteiger charge is 2.28. The summed E-state index contributed by atoms with van der Waals surface area (Å²) in [4.78, 5) is 34.4. The number of hydrogen-bond donors (Lipinski definition) is 0. The van der Waals surface area contributed by atoms with Crippen LogP contribution in [0.25, 0.3) is 0 Å². The van der Waals surface area contributed by atoms with Gasteiger partial charge in [0.2, 0.25) is 0 Å². The summed E-state index contributed by atoms with van der Waals surface area (Å²) >= 11 is 0. The third-order valence-electron chi connectivity index (χ3n) is 2.16. The first kappa shape index (κ1) is 15.6. The van der Waals surface area contributed by atoms with Crippen LogP contribution in [0.5, 0.6) is 0 Å². The van der Waals surface area contributed by atoms with Crippen LogP contribution in [0, 0.1) is 5.92 Å². The van der Waals surface area contributed by atoms with E-state index in [1.165, 1.54) is 0 Å². The molecule has 0 aromatic heterocycles. The van der Waals surface area contributed by atoms with Crippen LogP contribution in [0.4, 0.5) is 0 Å². The van der Waals surface area contributed by atoms with Crippen molar-refractivity contribution < 1.29 is 23.9 Å². The fourth-order valence-corrected chi connectivity index (χ4v) is 1.42. The molecule has 0 fully saturated rings. The van der Waals surface area contributed by atoms with Crippen molar-refractivity contribution in [2.45, 2.75) is 40.0 Å². The standard InChI is InChI=1S/C12H20O5/c1-4-7-9(12(15)17-6-3)10(13)8-11(14)16-5-2/h9H,4-8H2,1-3H3. The lowest BCUT2D eigenvalue weighted by Gasteiger charge is -2.13. The Morgan fingerprint density at radius 3 is 2.06 bits per heavy atom. The van der Waals surface area contributed by atoms with E-state index in [-0.39, 0.29) is 19.6 Å². The van der Waals surface area contributed by atoms with Gasteiger partial charge in [0.15, 0.2) is 5.78 Å². The van der Waals surface area contributed by atoms with E-state index in [0.29, 0.717) is 12.8 Å². The largest absolute Gasteiger partial charge is 0.466 e. The average Bonchev–Trinajstić information content (AvgIpc) is 2.26. The van der Waals surface area contributed by atoms with Gasteiger partial charge in [0.05, 0.1) is 13.2 Å². The maximum Gasteiger partial charge on any atom is 0.316 e. The number of ether oxygens (including phenoxy) is 2. The minimum absolute atomic E-state index is 0.226. The number of carbonyl (C=O) groups excluding carboxylic acids is 3. The van der Waals surface area contributed by atoms with Gasteiger partial charge in [0, 0.05) is 0 Å². The number of rotatable bonds is 8. The highest BCUT2D eigenvalue weighted by atomic mass is 16.5. The number of Topliss-reactive ketones (excluding diaryl/α,β-unsaturated/α-hetero) is 1. The van der Waals surface area contributed by atoms with Gasteiger partial charge in [-0.05, 0) is 20.3 Å². The second kappa shape index (κ2) is 8.73. The van der Waals surface area contributed by atoms with Gasteiger partial charge >= 0.3 is 11.9 Å². The van der Waals surface area contributed by atoms with Gasteiger partial charge in [0.25, 0.3) is 0 Å². The summed E-state index contributed by atoms with van der Waals surface area (Å²) < 4.78 is 9.48. The molecule has 0 aliphatic rings. The number of hydrogen-bond acceptors (Lipinski definition) is 5. The van der Waals surface area contributed by atoms with Gasteiger partial charge in [-0.1, -0.05) is 13.3 Å². The lowest BCUT2D eigenvalue weighted by Crippen LogP contribution is -2.28. The van der Waals surface area contributed by atoms with Gasteiger partial charge in [-0.25, -0.2) is 0 Å². The molecular weight excluding hydrogens is 224 g/mol. The quantitative estimate of drug-likeness (QED) is 0.478. The number of ketones is 1. The maximum absolute atomic E-state index is 11.7. The Bertz CT molecular complexity index is 272. The fourth-order valence-electron chi connectivity index (χ4n) is 1.42. The molecule has 0 amide bonds. The van der Waals surface area contributed by atoms with E-state index in [2.05, 4.69) is 4.74 Å².